The number of para-hydroxylation sites is 1. The lowest BCUT2D eigenvalue weighted by atomic mass is 9.98. The van der Waals surface area contributed by atoms with E-state index in [-0.39, 0.29) is 29.8 Å². The van der Waals surface area contributed by atoms with Gasteiger partial charge in [-0.2, -0.15) is 5.21 Å². The molecular weight excluding hydrogens is 528 g/mol. The zero-order valence-corrected chi connectivity index (χ0v) is 20.6. The van der Waals surface area contributed by atoms with Crippen molar-refractivity contribution < 1.29 is 29.0 Å². The number of ether oxygens (including phenoxy) is 2. The first-order chi connectivity index (χ1) is 17.9. The molecule has 37 heavy (non-hydrogen) atoms. The monoisotopic (exact) mass is 546 g/mol. The van der Waals surface area contributed by atoms with E-state index in [1.54, 1.807) is 24.3 Å². The van der Waals surface area contributed by atoms with Crippen molar-refractivity contribution >= 4 is 41.3 Å². The first-order valence-electron chi connectivity index (χ1n) is 10.5. The Bertz CT molecular complexity index is 1350. The van der Waals surface area contributed by atoms with E-state index < -0.39 is 28.9 Å². The maximum Gasteiger partial charge on any atom is 0.352 e. The number of fused-ring (bicyclic) bond motifs is 1. The minimum atomic E-state index is -1.72. The Hall–Kier alpha value is -4.03. The molecule has 1 aromatic carbocycles. The SMILES string of the molecule is CO[C@@]1(NC(=O)COc2ccccc2)C(=O)N2C(C(=O)O)=C(CSc3nnnn3-c3nn[nH]n3)CS[C@@H]21. The Morgan fingerprint density at radius 3 is 2.84 bits per heavy atom. The molecule has 16 nitrogen and oxygen atoms in total. The molecule has 2 amide bonds. The van der Waals surface area contributed by atoms with E-state index in [0.29, 0.717) is 16.5 Å². The summed E-state index contributed by atoms with van der Waals surface area (Å²) in [7, 11) is 1.28. The summed E-state index contributed by atoms with van der Waals surface area (Å²) in [6, 6.07) is 8.72. The Morgan fingerprint density at radius 2 is 2.14 bits per heavy atom. The van der Waals surface area contributed by atoms with Crippen molar-refractivity contribution in [1.29, 1.82) is 0 Å². The number of carbonyl (C=O) groups excluding carboxylic acids is 2. The van der Waals surface area contributed by atoms with Gasteiger partial charge < -0.3 is 19.9 Å². The molecule has 0 radical (unpaired) electrons. The van der Waals surface area contributed by atoms with Gasteiger partial charge in [-0.05, 0) is 33.3 Å². The number of rotatable bonds is 10. The van der Waals surface area contributed by atoms with E-state index in [9.17, 15) is 19.5 Å². The summed E-state index contributed by atoms with van der Waals surface area (Å²) < 4.78 is 12.1. The number of aromatic nitrogens is 8. The van der Waals surface area contributed by atoms with Gasteiger partial charge in [0.25, 0.3) is 23.5 Å². The van der Waals surface area contributed by atoms with Gasteiger partial charge in [-0.15, -0.1) is 26.6 Å². The maximum absolute atomic E-state index is 13.2. The molecule has 192 valence electrons. The summed E-state index contributed by atoms with van der Waals surface area (Å²) in [5.74, 6) is -1.54. The van der Waals surface area contributed by atoms with Crippen LogP contribution < -0.4 is 10.1 Å². The third-order valence-electron chi connectivity index (χ3n) is 5.41. The molecule has 0 aliphatic carbocycles. The second-order valence-electron chi connectivity index (χ2n) is 7.56. The van der Waals surface area contributed by atoms with Crippen molar-refractivity contribution in [1.82, 2.24) is 51.0 Å². The van der Waals surface area contributed by atoms with E-state index in [4.69, 9.17) is 9.47 Å². The van der Waals surface area contributed by atoms with Crippen LogP contribution in [0.2, 0.25) is 0 Å². The predicted octanol–water partition coefficient (Wildman–Crippen LogP) is -0.941. The van der Waals surface area contributed by atoms with Crippen LogP contribution in [0, 0.1) is 0 Å². The second-order valence-corrected chi connectivity index (χ2v) is 9.57. The van der Waals surface area contributed by atoms with Crippen LogP contribution in [0.15, 0.2) is 46.8 Å². The van der Waals surface area contributed by atoms with Crippen molar-refractivity contribution in [3.05, 3.63) is 41.6 Å². The van der Waals surface area contributed by atoms with Crippen molar-refractivity contribution in [2.45, 2.75) is 16.3 Å². The normalized spacial score (nSPS) is 20.8. The Kier molecular flexibility index (Phi) is 6.76. The van der Waals surface area contributed by atoms with Gasteiger partial charge in [-0.3, -0.25) is 14.5 Å². The molecule has 0 saturated carbocycles. The van der Waals surface area contributed by atoms with Gasteiger partial charge in [-0.1, -0.05) is 35.1 Å². The summed E-state index contributed by atoms with van der Waals surface area (Å²) in [6.07, 6.45) is 0. The second kappa shape index (κ2) is 10.1. The first kappa shape index (κ1) is 24.7. The van der Waals surface area contributed by atoms with Gasteiger partial charge in [0.1, 0.15) is 16.8 Å². The van der Waals surface area contributed by atoms with Crippen LogP contribution in [-0.4, -0.2) is 105 Å². The number of amides is 2. The highest BCUT2D eigenvalue weighted by Crippen LogP contribution is 2.47. The fourth-order valence-electron chi connectivity index (χ4n) is 3.76. The molecule has 3 aromatic rings. The lowest BCUT2D eigenvalue weighted by Crippen LogP contribution is -2.81. The largest absolute Gasteiger partial charge is 0.484 e. The number of benzene rings is 1. The molecule has 1 fully saturated rings. The van der Waals surface area contributed by atoms with Crippen LogP contribution in [0.1, 0.15) is 0 Å². The number of tetrazole rings is 2. The first-order valence-corrected chi connectivity index (χ1v) is 12.6. The topological polar surface area (TPSA) is 203 Å². The highest BCUT2D eigenvalue weighted by Gasteiger charge is 2.66. The van der Waals surface area contributed by atoms with Crippen LogP contribution in [0.4, 0.5) is 0 Å². The number of nitrogens with zero attached hydrogens (tertiary/aromatic N) is 8. The number of hydrogen-bond acceptors (Lipinski definition) is 13. The number of aromatic amines is 1. The zero-order chi connectivity index (χ0) is 26.0. The van der Waals surface area contributed by atoms with Crippen LogP contribution in [0.25, 0.3) is 5.95 Å². The van der Waals surface area contributed by atoms with Crippen molar-refractivity contribution in [3.8, 4) is 11.7 Å². The summed E-state index contributed by atoms with van der Waals surface area (Å²) in [5, 5.41) is 36.7. The van der Waals surface area contributed by atoms with E-state index in [1.807, 2.05) is 6.07 Å². The van der Waals surface area contributed by atoms with Gasteiger partial charge in [-0.25, -0.2) is 4.79 Å². The number of methoxy groups -OCH3 is 1. The van der Waals surface area contributed by atoms with Crippen molar-refractivity contribution in [3.63, 3.8) is 0 Å². The van der Waals surface area contributed by atoms with Gasteiger partial charge in [0.15, 0.2) is 6.61 Å². The van der Waals surface area contributed by atoms with Crippen LogP contribution in [0.3, 0.4) is 0 Å². The maximum atomic E-state index is 13.2. The molecule has 0 spiro atoms. The summed E-state index contributed by atoms with van der Waals surface area (Å²) in [4.78, 5) is 39.1. The highest BCUT2D eigenvalue weighted by atomic mass is 32.2. The molecule has 1 saturated heterocycles. The summed E-state index contributed by atoms with van der Waals surface area (Å²) >= 11 is 2.41. The van der Waals surface area contributed by atoms with Crippen molar-refractivity contribution in [2.75, 3.05) is 25.2 Å². The lowest BCUT2D eigenvalue weighted by Gasteiger charge is -2.55. The Balaban J connectivity index is 1.30. The van der Waals surface area contributed by atoms with Crippen LogP contribution in [0.5, 0.6) is 5.75 Å². The molecule has 2 aromatic heterocycles. The van der Waals surface area contributed by atoms with Crippen LogP contribution in [-0.2, 0) is 19.1 Å². The number of β-lactam (4-membered cyclic amide) rings is 1. The van der Waals surface area contributed by atoms with E-state index in [1.165, 1.54) is 23.6 Å². The van der Waals surface area contributed by atoms with E-state index in [0.717, 1.165) is 16.7 Å². The molecule has 0 unspecified atom stereocenters. The number of carboxylic acids is 1. The number of aliphatic carboxylic acids is 1. The minimum absolute atomic E-state index is 0.118. The fraction of sp³-hybridized carbons (Fsp3) is 0.316. The summed E-state index contributed by atoms with van der Waals surface area (Å²) in [5.41, 5.74) is -1.43. The molecule has 5 rings (SSSR count). The average Bonchev–Trinajstić information content (AvgIpc) is 3.61. The Labute approximate surface area is 216 Å². The molecule has 4 heterocycles. The third kappa shape index (κ3) is 4.49. The number of carboxylic acid groups (broad SMARTS) is 1. The standard InChI is InChI=1S/C19H18N10O6S2/c1-34-19(20-12(30)7-35-11-5-3-2-4-6-11)15(33)28-13(14(31)32)10(8-36-16(19)28)9-37-18-23-26-27-29(18)17-21-24-25-22-17/h2-6,16H,7-9H2,1H3,(H,20,30)(H,31,32)(H,21,22,24,25)/t16-,19+/m1/s1. The number of thioether (sulfide) groups is 2. The minimum Gasteiger partial charge on any atom is -0.484 e. The molecule has 2 aliphatic heterocycles. The molecule has 2 aliphatic rings. The van der Waals surface area contributed by atoms with Crippen LogP contribution >= 0.6 is 23.5 Å². The van der Waals surface area contributed by atoms with Gasteiger partial charge in [0, 0.05) is 18.6 Å². The van der Waals surface area contributed by atoms with Gasteiger partial charge >= 0.3 is 5.97 Å². The molecule has 18 heteroatoms. The van der Waals surface area contributed by atoms with Gasteiger partial charge in [0.05, 0.1) is 0 Å². The number of nitrogens with one attached hydrogen (secondary N) is 2. The average molecular weight is 547 g/mol. The summed E-state index contributed by atoms with van der Waals surface area (Å²) in [6.45, 7) is -0.349. The zero-order valence-electron chi connectivity index (χ0n) is 19.0. The number of H-pyrrole nitrogens is 1. The fourth-order valence-corrected chi connectivity index (χ4v) is 6.20. The third-order valence-corrected chi connectivity index (χ3v) is 7.79. The molecule has 2 atom stereocenters. The predicted molar refractivity (Wildman–Crippen MR) is 125 cm³/mol. The molecular formula is C19H18N10O6S2. The highest BCUT2D eigenvalue weighted by molar-refractivity contribution is 8.01. The van der Waals surface area contributed by atoms with E-state index in [2.05, 4.69) is 41.5 Å². The number of hydrogen-bond donors (Lipinski definition) is 3. The van der Waals surface area contributed by atoms with E-state index >= 15 is 0 Å². The van der Waals surface area contributed by atoms with Crippen molar-refractivity contribution in [2.24, 2.45) is 0 Å². The molecule has 0 bridgehead atoms. The lowest BCUT2D eigenvalue weighted by molar-refractivity contribution is -0.192. The smallest absolute Gasteiger partial charge is 0.352 e. The molecule has 3 N–H and O–H groups in total. The Morgan fingerprint density at radius 1 is 1.32 bits per heavy atom. The quantitative estimate of drug-likeness (QED) is 0.160. The van der Waals surface area contributed by atoms with Gasteiger partial charge in [0.2, 0.25) is 5.16 Å². The number of carbonyl (C=O) groups is 3.